The first-order valence-electron chi connectivity index (χ1n) is 7.13. The van der Waals surface area contributed by atoms with E-state index in [4.69, 9.17) is 9.97 Å². The lowest BCUT2D eigenvalue weighted by Gasteiger charge is -2.19. The number of hydrogen-bond donors (Lipinski definition) is 1. The standard InChI is InChI=1S/C16H19N3S/c1-2-14-13-10-17-9-8-15(13)19-16(18-14)11-20-12-6-4-3-5-7-12/h3-7,17H,2,8-11H2,1H3. The second kappa shape index (κ2) is 6.37. The van der Waals surface area contributed by atoms with E-state index in [0.717, 1.165) is 37.5 Å². The van der Waals surface area contributed by atoms with E-state index in [1.165, 1.54) is 21.8 Å². The number of hydrogen-bond acceptors (Lipinski definition) is 4. The molecule has 20 heavy (non-hydrogen) atoms. The van der Waals surface area contributed by atoms with E-state index in [-0.39, 0.29) is 0 Å². The number of rotatable bonds is 4. The molecule has 0 atom stereocenters. The minimum Gasteiger partial charge on any atom is -0.312 e. The number of aromatic nitrogens is 2. The third-order valence-corrected chi connectivity index (χ3v) is 4.52. The van der Waals surface area contributed by atoms with Gasteiger partial charge in [-0.1, -0.05) is 25.1 Å². The van der Waals surface area contributed by atoms with Crippen molar-refractivity contribution in [2.45, 2.75) is 37.0 Å². The van der Waals surface area contributed by atoms with Gasteiger partial charge in [-0.25, -0.2) is 9.97 Å². The second-order valence-corrected chi connectivity index (χ2v) is 5.94. The third-order valence-electron chi connectivity index (χ3n) is 3.51. The van der Waals surface area contributed by atoms with Crippen LogP contribution in [0.25, 0.3) is 0 Å². The van der Waals surface area contributed by atoms with Gasteiger partial charge in [0.2, 0.25) is 0 Å². The highest BCUT2D eigenvalue weighted by Gasteiger charge is 2.16. The van der Waals surface area contributed by atoms with Crippen LogP contribution < -0.4 is 5.32 Å². The normalized spacial score (nSPS) is 14.1. The molecule has 1 aliphatic rings. The van der Waals surface area contributed by atoms with Gasteiger partial charge in [0.05, 0.1) is 11.4 Å². The van der Waals surface area contributed by atoms with E-state index < -0.39 is 0 Å². The van der Waals surface area contributed by atoms with Crippen molar-refractivity contribution in [3.8, 4) is 0 Å². The molecule has 4 heteroatoms. The summed E-state index contributed by atoms with van der Waals surface area (Å²) in [4.78, 5) is 10.8. The number of aryl methyl sites for hydroxylation is 1. The summed E-state index contributed by atoms with van der Waals surface area (Å²) in [6, 6.07) is 10.4. The molecular formula is C16H19N3S. The summed E-state index contributed by atoms with van der Waals surface area (Å²) in [5.41, 5.74) is 3.79. The van der Waals surface area contributed by atoms with Gasteiger partial charge in [0.15, 0.2) is 0 Å². The van der Waals surface area contributed by atoms with Crippen molar-refractivity contribution in [2.75, 3.05) is 6.54 Å². The predicted molar refractivity (Wildman–Crippen MR) is 82.8 cm³/mol. The molecule has 1 aromatic carbocycles. The molecule has 2 heterocycles. The lowest BCUT2D eigenvalue weighted by molar-refractivity contribution is 0.613. The Kier molecular flexibility index (Phi) is 4.33. The first-order valence-corrected chi connectivity index (χ1v) is 8.11. The summed E-state index contributed by atoms with van der Waals surface area (Å²) < 4.78 is 0. The zero-order chi connectivity index (χ0) is 13.8. The van der Waals surface area contributed by atoms with Crippen LogP contribution in [-0.2, 0) is 25.1 Å². The van der Waals surface area contributed by atoms with Gasteiger partial charge in [-0.15, -0.1) is 11.8 Å². The highest BCUT2D eigenvalue weighted by molar-refractivity contribution is 7.98. The van der Waals surface area contributed by atoms with Crippen molar-refractivity contribution in [2.24, 2.45) is 0 Å². The van der Waals surface area contributed by atoms with Crippen LogP contribution in [0.1, 0.15) is 29.7 Å². The summed E-state index contributed by atoms with van der Waals surface area (Å²) in [5, 5.41) is 3.41. The summed E-state index contributed by atoms with van der Waals surface area (Å²) >= 11 is 1.80. The van der Waals surface area contributed by atoms with Crippen molar-refractivity contribution in [3.63, 3.8) is 0 Å². The molecule has 2 aromatic rings. The number of benzene rings is 1. The fraction of sp³-hybridized carbons (Fsp3) is 0.375. The third kappa shape index (κ3) is 3.02. The average molecular weight is 285 g/mol. The molecule has 0 spiro atoms. The van der Waals surface area contributed by atoms with Gasteiger partial charge in [-0.3, -0.25) is 0 Å². The summed E-state index contributed by atoms with van der Waals surface area (Å²) in [5.74, 6) is 1.81. The van der Waals surface area contributed by atoms with Crippen LogP contribution in [0.15, 0.2) is 35.2 Å². The Morgan fingerprint density at radius 1 is 1.20 bits per heavy atom. The van der Waals surface area contributed by atoms with Gasteiger partial charge in [0, 0.05) is 35.7 Å². The maximum atomic E-state index is 4.77. The van der Waals surface area contributed by atoms with E-state index >= 15 is 0 Å². The van der Waals surface area contributed by atoms with E-state index in [9.17, 15) is 0 Å². The Balaban J connectivity index is 1.79. The summed E-state index contributed by atoms with van der Waals surface area (Å²) in [6.45, 7) is 4.12. The molecule has 0 saturated heterocycles. The largest absolute Gasteiger partial charge is 0.312 e. The Bertz CT molecular complexity index is 567. The zero-order valence-electron chi connectivity index (χ0n) is 11.7. The van der Waals surface area contributed by atoms with Gasteiger partial charge in [0.1, 0.15) is 5.82 Å². The molecule has 0 bridgehead atoms. The van der Waals surface area contributed by atoms with Gasteiger partial charge in [-0.05, 0) is 18.6 Å². The van der Waals surface area contributed by atoms with Crippen LogP contribution in [0.2, 0.25) is 0 Å². The molecule has 1 N–H and O–H groups in total. The average Bonchev–Trinajstić information content (AvgIpc) is 2.53. The second-order valence-electron chi connectivity index (χ2n) is 4.89. The minimum absolute atomic E-state index is 0.845. The van der Waals surface area contributed by atoms with Gasteiger partial charge >= 0.3 is 0 Å². The molecule has 104 valence electrons. The molecule has 1 aliphatic heterocycles. The smallest absolute Gasteiger partial charge is 0.139 e. The molecule has 0 radical (unpaired) electrons. The Hall–Kier alpha value is -1.39. The minimum atomic E-state index is 0.845. The lowest BCUT2D eigenvalue weighted by atomic mass is 10.0. The number of thioether (sulfide) groups is 1. The maximum absolute atomic E-state index is 4.77. The topological polar surface area (TPSA) is 37.8 Å². The van der Waals surface area contributed by atoms with Crippen molar-refractivity contribution >= 4 is 11.8 Å². The number of nitrogens with one attached hydrogen (secondary N) is 1. The predicted octanol–water partition coefficient (Wildman–Crippen LogP) is 2.98. The first-order chi connectivity index (χ1) is 9.86. The van der Waals surface area contributed by atoms with Crippen LogP contribution in [0, 0.1) is 0 Å². The summed E-state index contributed by atoms with van der Waals surface area (Å²) in [6.07, 6.45) is 2.00. The quantitative estimate of drug-likeness (QED) is 0.876. The Morgan fingerprint density at radius 2 is 2.05 bits per heavy atom. The van der Waals surface area contributed by atoms with Crippen LogP contribution >= 0.6 is 11.8 Å². The summed E-state index contributed by atoms with van der Waals surface area (Å²) in [7, 11) is 0. The Morgan fingerprint density at radius 3 is 2.85 bits per heavy atom. The fourth-order valence-corrected chi connectivity index (χ4v) is 3.27. The lowest BCUT2D eigenvalue weighted by Crippen LogP contribution is -2.27. The molecule has 1 aromatic heterocycles. The maximum Gasteiger partial charge on any atom is 0.139 e. The van der Waals surface area contributed by atoms with E-state index in [1.807, 2.05) is 6.07 Å². The Labute approximate surface area is 124 Å². The van der Waals surface area contributed by atoms with E-state index in [2.05, 4.69) is 36.5 Å². The number of nitrogens with zero attached hydrogens (tertiary/aromatic N) is 2. The highest BCUT2D eigenvalue weighted by atomic mass is 32.2. The van der Waals surface area contributed by atoms with E-state index in [1.54, 1.807) is 11.8 Å². The monoisotopic (exact) mass is 285 g/mol. The van der Waals surface area contributed by atoms with Gasteiger partial charge < -0.3 is 5.32 Å². The van der Waals surface area contributed by atoms with Crippen LogP contribution in [0.3, 0.4) is 0 Å². The van der Waals surface area contributed by atoms with Crippen molar-refractivity contribution in [1.29, 1.82) is 0 Å². The van der Waals surface area contributed by atoms with Crippen molar-refractivity contribution in [3.05, 3.63) is 53.1 Å². The van der Waals surface area contributed by atoms with Crippen molar-refractivity contribution in [1.82, 2.24) is 15.3 Å². The highest BCUT2D eigenvalue weighted by Crippen LogP contribution is 2.23. The van der Waals surface area contributed by atoms with Gasteiger partial charge in [0.25, 0.3) is 0 Å². The molecule has 0 saturated carbocycles. The molecule has 0 fully saturated rings. The van der Waals surface area contributed by atoms with Gasteiger partial charge in [-0.2, -0.15) is 0 Å². The van der Waals surface area contributed by atoms with Crippen LogP contribution in [-0.4, -0.2) is 16.5 Å². The molecule has 0 amide bonds. The molecular weight excluding hydrogens is 266 g/mol. The molecule has 0 aliphatic carbocycles. The fourth-order valence-electron chi connectivity index (χ4n) is 2.49. The number of fused-ring (bicyclic) bond motifs is 1. The van der Waals surface area contributed by atoms with Crippen molar-refractivity contribution < 1.29 is 0 Å². The SMILES string of the molecule is CCc1nc(CSc2ccccc2)nc2c1CNCC2. The molecule has 3 nitrogen and oxygen atoms in total. The van der Waals surface area contributed by atoms with Crippen LogP contribution in [0.4, 0.5) is 0 Å². The molecule has 0 unspecified atom stereocenters. The van der Waals surface area contributed by atoms with Crippen LogP contribution in [0.5, 0.6) is 0 Å². The zero-order valence-corrected chi connectivity index (χ0v) is 12.5. The first kappa shape index (κ1) is 13.6. The molecule has 3 rings (SSSR count). The van der Waals surface area contributed by atoms with E-state index in [0.29, 0.717) is 0 Å².